The zero-order chi connectivity index (χ0) is 4.99. The molecule has 0 saturated heterocycles. The first-order valence-electron chi connectivity index (χ1n) is 1.54. The molecule has 0 amide bonds. The molecule has 44 valence electrons. The van der Waals surface area contributed by atoms with Crippen molar-refractivity contribution in [3.05, 3.63) is 0 Å². The summed E-state index contributed by atoms with van der Waals surface area (Å²) in [4.78, 5) is 0. The Balaban J connectivity index is 0. The summed E-state index contributed by atoms with van der Waals surface area (Å²) in [6, 6.07) is 0. The van der Waals surface area contributed by atoms with Crippen LogP contribution in [0, 0.1) is 0 Å². The van der Waals surface area contributed by atoms with E-state index in [1.165, 1.54) is 0 Å². The SMILES string of the molecule is CCN=S(=O)=O.Cl. The topological polar surface area (TPSA) is 46.5 Å². The first-order valence-corrected chi connectivity index (χ1v) is 2.57. The molecule has 0 rings (SSSR count). The lowest BCUT2D eigenvalue weighted by atomic mass is 10.8. The van der Waals surface area contributed by atoms with Crippen LogP contribution >= 0.6 is 12.4 Å². The van der Waals surface area contributed by atoms with Gasteiger partial charge in [-0.3, -0.25) is 0 Å². The highest BCUT2D eigenvalue weighted by molar-refractivity contribution is 7.61. The summed E-state index contributed by atoms with van der Waals surface area (Å²) in [6.45, 7) is 2.01. The molecule has 0 aliphatic rings. The largest absolute Gasteiger partial charge is 0.311 e. The molecular weight excluding hydrogens is 138 g/mol. The first-order chi connectivity index (χ1) is 2.77. The molecule has 0 aromatic rings. The van der Waals surface area contributed by atoms with Crippen LogP contribution < -0.4 is 0 Å². The lowest BCUT2D eigenvalue weighted by molar-refractivity contribution is 0.620. The van der Waals surface area contributed by atoms with Gasteiger partial charge >= 0.3 is 10.5 Å². The third-order valence-corrected chi connectivity index (χ3v) is 0.704. The summed E-state index contributed by atoms with van der Waals surface area (Å²) >= 11 is 0. The minimum Gasteiger partial charge on any atom is -0.172 e. The van der Waals surface area contributed by atoms with Gasteiger partial charge < -0.3 is 0 Å². The standard InChI is InChI=1S/C2H5NO2S.ClH/c1-2-3-6(4)5;/h2H2,1H3;1H. The molecule has 0 aromatic carbocycles. The van der Waals surface area contributed by atoms with E-state index in [-0.39, 0.29) is 12.4 Å². The van der Waals surface area contributed by atoms with Crippen LogP contribution in [0.1, 0.15) is 6.92 Å². The normalized spacial score (nSPS) is 6.43. The number of halogens is 1. The molecule has 0 bridgehead atoms. The van der Waals surface area contributed by atoms with E-state index in [0.717, 1.165) is 0 Å². The van der Waals surface area contributed by atoms with E-state index in [0.29, 0.717) is 6.54 Å². The van der Waals surface area contributed by atoms with E-state index in [9.17, 15) is 8.42 Å². The maximum atomic E-state index is 9.43. The van der Waals surface area contributed by atoms with E-state index in [2.05, 4.69) is 4.36 Å². The van der Waals surface area contributed by atoms with Crippen molar-refractivity contribution >= 4 is 22.9 Å². The molecule has 0 heterocycles. The number of hydrogen-bond donors (Lipinski definition) is 0. The molecule has 0 spiro atoms. The van der Waals surface area contributed by atoms with Crippen LogP contribution in [0.5, 0.6) is 0 Å². The lowest BCUT2D eigenvalue weighted by Gasteiger charge is -1.59. The molecule has 3 nitrogen and oxygen atoms in total. The van der Waals surface area contributed by atoms with Crippen LogP contribution in [0.4, 0.5) is 0 Å². The van der Waals surface area contributed by atoms with Gasteiger partial charge in [-0.25, -0.2) is 0 Å². The summed E-state index contributed by atoms with van der Waals surface area (Å²) in [5.74, 6) is 0. The van der Waals surface area contributed by atoms with Crippen molar-refractivity contribution in [3.63, 3.8) is 0 Å². The van der Waals surface area contributed by atoms with Crippen LogP contribution in [0.15, 0.2) is 4.36 Å². The minimum absolute atomic E-state index is 0. The summed E-state index contributed by atoms with van der Waals surface area (Å²) in [5, 5.41) is 0. The van der Waals surface area contributed by atoms with Crippen molar-refractivity contribution in [2.45, 2.75) is 6.92 Å². The van der Waals surface area contributed by atoms with Crippen LogP contribution in [0.25, 0.3) is 0 Å². The van der Waals surface area contributed by atoms with Gasteiger partial charge in [0.05, 0.1) is 6.54 Å². The molecule has 0 atom stereocenters. The summed E-state index contributed by atoms with van der Waals surface area (Å²) in [5.41, 5.74) is 0. The molecule has 0 fully saturated rings. The van der Waals surface area contributed by atoms with Gasteiger partial charge in [-0.2, -0.15) is 12.8 Å². The Bertz CT molecular complexity index is 130. The zero-order valence-electron chi connectivity index (χ0n) is 3.79. The molecule has 5 heteroatoms. The fourth-order valence-corrected chi connectivity index (χ4v) is 0.316. The second kappa shape index (κ2) is 5.91. The van der Waals surface area contributed by atoms with Gasteiger partial charge in [0.2, 0.25) is 0 Å². The molecule has 0 aliphatic heterocycles. The maximum absolute atomic E-state index is 9.43. The van der Waals surface area contributed by atoms with Gasteiger partial charge in [0.1, 0.15) is 0 Å². The van der Waals surface area contributed by atoms with E-state index in [1.54, 1.807) is 6.92 Å². The Morgan fingerprint density at radius 3 is 2.00 bits per heavy atom. The highest BCUT2D eigenvalue weighted by atomic mass is 35.5. The fourth-order valence-electron chi connectivity index (χ4n) is 0.105. The quantitative estimate of drug-likeness (QED) is 0.537. The molecule has 7 heavy (non-hydrogen) atoms. The van der Waals surface area contributed by atoms with E-state index in [1.807, 2.05) is 0 Å². The summed E-state index contributed by atoms with van der Waals surface area (Å²) in [6.07, 6.45) is 0. The zero-order valence-corrected chi connectivity index (χ0v) is 5.42. The smallest absolute Gasteiger partial charge is 0.172 e. The molecule has 0 N–H and O–H groups in total. The van der Waals surface area contributed by atoms with Crippen LogP contribution in [0.3, 0.4) is 0 Å². The molecule has 0 unspecified atom stereocenters. The van der Waals surface area contributed by atoms with Gasteiger partial charge in [0, 0.05) is 0 Å². The van der Waals surface area contributed by atoms with Crippen molar-refractivity contribution < 1.29 is 8.42 Å². The van der Waals surface area contributed by atoms with Crippen molar-refractivity contribution in [3.8, 4) is 0 Å². The highest BCUT2D eigenvalue weighted by Crippen LogP contribution is 1.58. The first kappa shape index (κ1) is 10.0. The van der Waals surface area contributed by atoms with Gasteiger partial charge in [0.15, 0.2) is 0 Å². The van der Waals surface area contributed by atoms with Crippen LogP contribution in [0.2, 0.25) is 0 Å². The van der Waals surface area contributed by atoms with Gasteiger partial charge in [-0.05, 0) is 6.92 Å². The van der Waals surface area contributed by atoms with Crippen molar-refractivity contribution in [1.82, 2.24) is 0 Å². The number of rotatable bonds is 1. The summed E-state index contributed by atoms with van der Waals surface area (Å²) in [7, 11) is -2.19. The Hall–Kier alpha value is -0.0900. The molecule has 0 radical (unpaired) electrons. The van der Waals surface area contributed by atoms with Crippen LogP contribution in [-0.2, 0) is 10.5 Å². The number of nitrogens with zero attached hydrogens (tertiary/aromatic N) is 1. The van der Waals surface area contributed by atoms with Gasteiger partial charge in [0.25, 0.3) is 0 Å². The van der Waals surface area contributed by atoms with Crippen molar-refractivity contribution in [2.75, 3.05) is 6.54 Å². The predicted octanol–water partition coefficient (Wildman–Crippen LogP) is 0.491. The second-order valence-corrected chi connectivity index (χ2v) is 1.35. The van der Waals surface area contributed by atoms with Crippen molar-refractivity contribution in [2.24, 2.45) is 4.36 Å². The molecular formula is C2H6ClNO2S. The average Bonchev–Trinajstić information content (AvgIpc) is 1.35. The Morgan fingerprint density at radius 1 is 1.57 bits per heavy atom. The third-order valence-electron chi connectivity index (χ3n) is 0.235. The van der Waals surface area contributed by atoms with E-state index >= 15 is 0 Å². The second-order valence-electron chi connectivity index (χ2n) is 0.662. The van der Waals surface area contributed by atoms with Crippen molar-refractivity contribution in [1.29, 1.82) is 0 Å². The average molecular weight is 144 g/mol. The minimum atomic E-state index is -2.19. The molecule has 0 saturated carbocycles. The predicted molar refractivity (Wildman–Crippen MR) is 29.1 cm³/mol. The van der Waals surface area contributed by atoms with Crippen LogP contribution in [-0.4, -0.2) is 15.0 Å². The summed E-state index contributed by atoms with van der Waals surface area (Å²) < 4.78 is 21.9. The Kier molecular flexibility index (Phi) is 8.45. The Morgan fingerprint density at radius 2 is 2.00 bits per heavy atom. The van der Waals surface area contributed by atoms with Gasteiger partial charge in [-0.15, -0.1) is 12.4 Å². The lowest BCUT2D eigenvalue weighted by Crippen LogP contribution is -1.61. The molecule has 0 aromatic heterocycles. The van der Waals surface area contributed by atoms with E-state index in [4.69, 9.17) is 0 Å². The number of hydrogen-bond acceptors (Lipinski definition) is 3. The van der Waals surface area contributed by atoms with Gasteiger partial charge in [-0.1, -0.05) is 0 Å². The maximum Gasteiger partial charge on any atom is 0.311 e. The fraction of sp³-hybridized carbons (Fsp3) is 1.00. The highest BCUT2D eigenvalue weighted by Gasteiger charge is 1.60. The third kappa shape index (κ3) is 10.7. The van der Waals surface area contributed by atoms with E-state index < -0.39 is 10.5 Å². The Labute approximate surface area is 49.9 Å². The molecule has 0 aliphatic carbocycles. The monoisotopic (exact) mass is 143 g/mol.